The molecular weight excluding hydrogens is 270 g/mol. The van der Waals surface area contributed by atoms with Crippen molar-refractivity contribution in [1.82, 2.24) is 4.90 Å². The normalized spacial score (nSPS) is 10.2. The molecule has 0 heterocycles. The van der Waals surface area contributed by atoms with E-state index < -0.39 is 32.1 Å². The Kier molecular flexibility index (Phi) is 6.40. The topological polar surface area (TPSA) is 73.6 Å². The van der Waals surface area contributed by atoms with E-state index in [9.17, 15) is 13.6 Å². The van der Waals surface area contributed by atoms with Crippen LogP contribution in [0.2, 0.25) is 0 Å². The van der Waals surface area contributed by atoms with Gasteiger partial charge in [-0.2, -0.15) is 5.26 Å². The van der Waals surface area contributed by atoms with E-state index in [1.807, 2.05) is 6.07 Å². The fraction of sp³-hybridized carbons (Fsp3) is 0.385. The molecule has 1 amide bonds. The summed E-state index contributed by atoms with van der Waals surface area (Å²) >= 11 is 0. The van der Waals surface area contributed by atoms with E-state index in [-0.39, 0.29) is 6.54 Å². The van der Waals surface area contributed by atoms with Crippen molar-refractivity contribution in [1.29, 1.82) is 5.26 Å². The summed E-state index contributed by atoms with van der Waals surface area (Å²) in [7, 11) is 0. The zero-order valence-electron chi connectivity index (χ0n) is 10.6. The van der Waals surface area contributed by atoms with Crippen molar-refractivity contribution >= 4 is 5.91 Å². The Bertz CT molecular complexity index is 471. The number of ether oxygens (including phenoxy) is 1. The van der Waals surface area contributed by atoms with Gasteiger partial charge in [0.15, 0.2) is 6.61 Å². The fourth-order valence-electron chi connectivity index (χ4n) is 1.47. The molecule has 0 saturated carbocycles. The van der Waals surface area contributed by atoms with E-state index in [1.54, 1.807) is 0 Å². The third kappa shape index (κ3) is 5.20. The second-order valence-corrected chi connectivity index (χ2v) is 3.88. The van der Waals surface area contributed by atoms with Crippen LogP contribution in [0.5, 0.6) is 5.75 Å². The molecule has 0 bridgehead atoms. The highest BCUT2D eigenvalue weighted by Crippen LogP contribution is 2.11. The van der Waals surface area contributed by atoms with Crippen LogP contribution in [0.3, 0.4) is 0 Å². The van der Waals surface area contributed by atoms with E-state index in [4.69, 9.17) is 15.1 Å². The van der Waals surface area contributed by atoms with Gasteiger partial charge in [-0.1, -0.05) is 0 Å². The SMILES string of the molecule is N#Cc1ccc(OCC(=O)N(CCO)CC(F)F)cc1. The number of halogens is 2. The Morgan fingerprint density at radius 2 is 2.05 bits per heavy atom. The molecule has 0 fully saturated rings. The van der Waals surface area contributed by atoms with Gasteiger partial charge in [0.25, 0.3) is 12.3 Å². The first-order chi connectivity index (χ1) is 9.56. The van der Waals surface area contributed by atoms with Crippen LogP contribution in [0, 0.1) is 11.3 Å². The fourth-order valence-corrected chi connectivity index (χ4v) is 1.47. The summed E-state index contributed by atoms with van der Waals surface area (Å²) in [5, 5.41) is 17.3. The van der Waals surface area contributed by atoms with Crippen molar-refractivity contribution < 1.29 is 23.4 Å². The van der Waals surface area contributed by atoms with Crippen LogP contribution in [-0.4, -0.2) is 48.6 Å². The van der Waals surface area contributed by atoms with Crippen LogP contribution in [0.4, 0.5) is 8.78 Å². The van der Waals surface area contributed by atoms with E-state index >= 15 is 0 Å². The monoisotopic (exact) mass is 284 g/mol. The minimum Gasteiger partial charge on any atom is -0.484 e. The third-order valence-electron chi connectivity index (χ3n) is 2.43. The van der Waals surface area contributed by atoms with Gasteiger partial charge in [-0.3, -0.25) is 4.79 Å². The largest absolute Gasteiger partial charge is 0.484 e. The molecule has 0 spiro atoms. The minimum absolute atomic E-state index is 0.167. The summed E-state index contributed by atoms with van der Waals surface area (Å²) in [6, 6.07) is 7.99. The summed E-state index contributed by atoms with van der Waals surface area (Å²) in [6.07, 6.45) is -2.67. The molecule has 5 nitrogen and oxygen atoms in total. The average molecular weight is 284 g/mol. The first kappa shape index (κ1) is 15.9. The zero-order valence-corrected chi connectivity index (χ0v) is 10.6. The number of aliphatic hydroxyl groups excluding tert-OH is 1. The number of aliphatic hydroxyl groups is 1. The van der Waals surface area contributed by atoms with Crippen LogP contribution in [0.1, 0.15) is 5.56 Å². The van der Waals surface area contributed by atoms with Crippen molar-refractivity contribution in [2.45, 2.75) is 6.43 Å². The van der Waals surface area contributed by atoms with Gasteiger partial charge < -0.3 is 14.7 Å². The summed E-state index contributed by atoms with van der Waals surface area (Å²) < 4.78 is 29.7. The molecule has 0 unspecified atom stereocenters. The van der Waals surface area contributed by atoms with Crippen LogP contribution in [0.15, 0.2) is 24.3 Å². The van der Waals surface area contributed by atoms with Crippen LogP contribution in [-0.2, 0) is 4.79 Å². The molecule has 0 aliphatic heterocycles. The van der Waals surface area contributed by atoms with Gasteiger partial charge in [0.05, 0.1) is 24.8 Å². The van der Waals surface area contributed by atoms with Gasteiger partial charge in [0.2, 0.25) is 0 Å². The molecule has 0 aromatic heterocycles. The van der Waals surface area contributed by atoms with E-state index in [2.05, 4.69) is 0 Å². The van der Waals surface area contributed by atoms with Crippen LogP contribution in [0.25, 0.3) is 0 Å². The maximum absolute atomic E-state index is 12.3. The van der Waals surface area contributed by atoms with Gasteiger partial charge in [-0.25, -0.2) is 8.78 Å². The first-order valence-electron chi connectivity index (χ1n) is 5.86. The molecule has 0 atom stereocenters. The standard InChI is InChI=1S/C13H14F2N2O3/c14-12(15)8-17(5-6-18)13(19)9-20-11-3-1-10(7-16)2-4-11/h1-4,12,18H,5-6,8-9H2. The summed E-state index contributed by atoms with van der Waals surface area (Å²) in [4.78, 5) is 12.5. The predicted molar refractivity (Wildman–Crippen MR) is 66.3 cm³/mol. The van der Waals surface area contributed by atoms with Crippen molar-refractivity contribution in [2.24, 2.45) is 0 Å². The lowest BCUT2D eigenvalue weighted by atomic mass is 10.2. The number of rotatable bonds is 7. The minimum atomic E-state index is -2.67. The molecule has 0 saturated heterocycles. The molecule has 0 aliphatic carbocycles. The summed E-state index contributed by atoms with van der Waals surface area (Å²) in [5.74, 6) is -0.276. The highest BCUT2D eigenvalue weighted by molar-refractivity contribution is 5.77. The second kappa shape index (κ2) is 8.07. The lowest BCUT2D eigenvalue weighted by Gasteiger charge is -2.21. The number of alkyl halides is 2. The van der Waals surface area contributed by atoms with Crippen LogP contribution < -0.4 is 4.74 Å². The number of benzene rings is 1. The van der Waals surface area contributed by atoms with Crippen molar-refractivity contribution in [2.75, 3.05) is 26.3 Å². The van der Waals surface area contributed by atoms with Gasteiger partial charge >= 0.3 is 0 Å². The Balaban J connectivity index is 2.53. The van der Waals surface area contributed by atoms with E-state index in [0.29, 0.717) is 11.3 Å². The molecule has 1 rings (SSSR count). The highest BCUT2D eigenvalue weighted by Gasteiger charge is 2.18. The van der Waals surface area contributed by atoms with Crippen molar-refractivity contribution in [3.8, 4) is 11.8 Å². The number of carbonyl (C=O) groups excluding carboxylic acids is 1. The molecule has 1 aromatic carbocycles. The van der Waals surface area contributed by atoms with Crippen LogP contribution >= 0.6 is 0 Å². The second-order valence-electron chi connectivity index (χ2n) is 3.88. The maximum Gasteiger partial charge on any atom is 0.260 e. The number of hydrogen-bond acceptors (Lipinski definition) is 4. The van der Waals surface area contributed by atoms with E-state index in [1.165, 1.54) is 24.3 Å². The first-order valence-corrected chi connectivity index (χ1v) is 5.86. The summed E-state index contributed by atoms with van der Waals surface area (Å²) in [5.41, 5.74) is 0.447. The quantitative estimate of drug-likeness (QED) is 0.811. The number of hydrogen-bond donors (Lipinski definition) is 1. The van der Waals surface area contributed by atoms with E-state index in [0.717, 1.165) is 4.90 Å². The molecular formula is C13H14F2N2O3. The number of amides is 1. The zero-order chi connectivity index (χ0) is 15.0. The molecule has 0 radical (unpaired) electrons. The third-order valence-corrected chi connectivity index (χ3v) is 2.43. The Hall–Kier alpha value is -2.20. The average Bonchev–Trinajstić information content (AvgIpc) is 2.44. The Morgan fingerprint density at radius 1 is 1.40 bits per heavy atom. The molecule has 1 aromatic rings. The molecule has 0 aliphatic rings. The molecule has 7 heteroatoms. The Morgan fingerprint density at radius 3 is 2.55 bits per heavy atom. The van der Waals surface area contributed by atoms with Gasteiger partial charge in [0, 0.05) is 6.54 Å². The summed E-state index contributed by atoms with van der Waals surface area (Å²) in [6.45, 7) is -1.70. The van der Waals surface area contributed by atoms with Gasteiger partial charge in [-0.15, -0.1) is 0 Å². The van der Waals surface area contributed by atoms with Crippen molar-refractivity contribution in [3.63, 3.8) is 0 Å². The number of nitriles is 1. The lowest BCUT2D eigenvalue weighted by molar-refractivity contribution is -0.135. The maximum atomic E-state index is 12.3. The predicted octanol–water partition coefficient (Wildman–Crippen LogP) is 1.02. The number of carbonyl (C=O) groups is 1. The lowest BCUT2D eigenvalue weighted by Crippen LogP contribution is -2.40. The molecule has 1 N–H and O–H groups in total. The van der Waals surface area contributed by atoms with Gasteiger partial charge in [0.1, 0.15) is 5.75 Å². The number of nitrogens with zero attached hydrogens (tertiary/aromatic N) is 2. The van der Waals surface area contributed by atoms with Crippen molar-refractivity contribution in [3.05, 3.63) is 29.8 Å². The molecule has 108 valence electrons. The van der Waals surface area contributed by atoms with Gasteiger partial charge in [-0.05, 0) is 24.3 Å². The molecule has 20 heavy (non-hydrogen) atoms. The Labute approximate surface area is 115 Å². The highest BCUT2D eigenvalue weighted by atomic mass is 19.3. The smallest absolute Gasteiger partial charge is 0.260 e.